The second kappa shape index (κ2) is 12.7. The Morgan fingerprint density at radius 1 is 1.10 bits per heavy atom. The van der Waals surface area contributed by atoms with Crippen molar-refractivity contribution in [2.24, 2.45) is 5.41 Å². The van der Waals surface area contributed by atoms with Crippen LogP contribution in [0.5, 0.6) is 17.2 Å². The van der Waals surface area contributed by atoms with Crippen LogP contribution in [0.1, 0.15) is 68.2 Å². The van der Waals surface area contributed by atoms with Crippen molar-refractivity contribution in [2.75, 3.05) is 38.7 Å². The van der Waals surface area contributed by atoms with E-state index >= 15 is 0 Å². The quantitative estimate of drug-likeness (QED) is 0.271. The molecule has 0 spiro atoms. The first-order chi connectivity index (χ1) is 19.7. The number of phenolic OH excluding ortho intramolecular Hbond substituents is 1. The Bertz CT molecular complexity index is 1340. The average molecular weight is 561 g/mol. The molecule has 5 nitrogen and oxygen atoms in total. The van der Waals surface area contributed by atoms with E-state index in [1.54, 1.807) is 25.3 Å². The van der Waals surface area contributed by atoms with Crippen molar-refractivity contribution >= 4 is 5.69 Å². The number of likely N-dealkylation sites (tertiary alicyclic amines) is 1. The van der Waals surface area contributed by atoms with Crippen molar-refractivity contribution in [3.63, 3.8) is 0 Å². The van der Waals surface area contributed by atoms with Crippen LogP contribution < -0.4 is 14.8 Å². The standard InChI is InChI=1S/C35H45FN2O3/c1-24(18-25-6-13-34(32(36)19-25)41-17-16-38-15-5-14-35(2,3)23-38)37-33-22-30(40-4)11-12-31(33)28-8-7-27-21-29(39)10-9-26(27)20-28/h6,9-13,19,21-22,24,28,37,39H,5,7-8,14-18,20,23H2,1-4H3. The number of piperidine rings is 1. The molecule has 5 rings (SSSR count). The predicted molar refractivity (Wildman–Crippen MR) is 164 cm³/mol. The molecular formula is C35H45FN2O3. The molecule has 2 atom stereocenters. The van der Waals surface area contributed by atoms with Crippen molar-refractivity contribution in [1.29, 1.82) is 0 Å². The number of hydrogen-bond acceptors (Lipinski definition) is 5. The van der Waals surface area contributed by atoms with Gasteiger partial charge in [-0.25, -0.2) is 4.39 Å². The summed E-state index contributed by atoms with van der Waals surface area (Å²) in [4.78, 5) is 2.42. The first-order valence-corrected chi connectivity index (χ1v) is 15.1. The lowest BCUT2D eigenvalue weighted by atomic mass is 9.79. The molecule has 2 N–H and O–H groups in total. The molecule has 3 aromatic carbocycles. The monoisotopic (exact) mass is 560 g/mol. The van der Waals surface area contributed by atoms with Gasteiger partial charge in [-0.2, -0.15) is 0 Å². The molecule has 0 saturated carbocycles. The Labute approximate surface area is 244 Å². The van der Waals surface area contributed by atoms with Gasteiger partial charge in [0.15, 0.2) is 11.6 Å². The van der Waals surface area contributed by atoms with Gasteiger partial charge in [-0.3, -0.25) is 4.90 Å². The molecule has 6 heteroatoms. The third kappa shape index (κ3) is 7.53. The van der Waals surface area contributed by atoms with Gasteiger partial charge in [0.05, 0.1) is 7.11 Å². The van der Waals surface area contributed by atoms with Gasteiger partial charge in [-0.15, -0.1) is 0 Å². The number of nitrogens with one attached hydrogen (secondary N) is 1. The highest BCUT2D eigenvalue weighted by Gasteiger charge is 2.26. The van der Waals surface area contributed by atoms with Gasteiger partial charge >= 0.3 is 0 Å². The number of halogens is 1. The molecular weight excluding hydrogens is 515 g/mol. The van der Waals surface area contributed by atoms with E-state index in [0.29, 0.717) is 35.9 Å². The van der Waals surface area contributed by atoms with Crippen molar-refractivity contribution in [3.8, 4) is 17.2 Å². The van der Waals surface area contributed by atoms with Gasteiger partial charge in [0.1, 0.15) is 18.1 Å². The molecule has 2 aliphatic rings. The van der Waals surface area contributed by atoms with Crippen LogP contribution >= 0.6 is 0 Å². The van der Waals surface area contributed by atoms with Crippen molar-refractivity contribution in [3.05, 3.63) is 82.7 Å². The van der Waals surface area contributed by atoms with E-state index in [0.717, 1.165) is 55.9 Å². The van der Waals surface area contributed by atoms with E-state index in [1.165, 1.54) is 29.5 Å². The fourth-order valence-electron chi connectivity index (χ4n) is 6.63. The van der Waals surface area contributed by atoms with E-state index in [1.807, 2.05) is 24.3 Å². The Hall–Kier alpha value is -3.25. The van der Waals surface area contributed by atoms with Crippen molar-refractivity contribution < 1.29 is 19.0 Å². The molecule has 1 aliphatic heterocycles. The predicted octanol–water partition coefficient (Wildman–Crippen LogP) is 7.36. The van der Waals surface area contributed by atoms with Crippen LogP contribution in [0.25, 0.3) is 0 Å². The van der Waals surface area contributed by atoms with Gasteiger partial charge in [0, 0.05) is 30.9 Å². The first kappa shape index (κ1) is 29.2. The number of aromatic hydroxyl groups is 1. The molecule has 41 heavy (non-hydrogen) atoms. The van der Waals surface area contributed by atoms with Crippen LogP contribution in [0, 0.1) is 11.2 Å². The van der Waals surface area contributed by atoms with Gasteiger partial charge in [-0.1, -0.05) is 32.0 Å². The first-order valence-electron chi connectivity index (χ1n) is 15.1. The summed E-state index contributed by atoms with van der Waals surface area (Å²) in [6, 6.07) is 17.4. The van der Waals surface area contributed by atoms with Gasteiger partial charge in [-0.05, 0) is 116 Å². The average Bonchev–Trinajstić information content (AvgIpc) is 2.93. The topological polar surface area (TPSA) is 54.0 Å². The highest BCUT2D eigenvalue weighted by Crippen LogP contribution is 2.39. The maximum absolute atomic E-state index is 15.0. The molecule has 0 bridgehead atoms. The summed E-state index contributed by atoms with van der Waals surface area (Å²) >= 11 is 0. The molecule has 1 heterocycles. The zero-order valence-electron chi connectivity index (χ0n) is 25.0. The number of phenols is 1. The van der Waals surface area contributed by atoms with Crippen LogP contribution in [0.15, 0.2) is 54.6 Å². The maximum Gasteiger partial charge on any atom is 0.165 e. The summed E-state index contributed by atoms with van der Waals surface area (Å²) in [6.45, 7) is 10.2. The summed E-state index contributed by atoms with van der Waals surface area (Å²) in [7, 11) is 1.69. The van der Waals surface area contributed by atoms with E-state index in [-0.39, 0.29) is 11.9 Å². The Kier molecular flexibility index (Phi) is 9.08. The lowest BCUT2D eigenvalue weighted by Crippen LogP contribution is -2.41. The molecule has 1 saturated heterocycles. The number of benzene rings is 3. The summed E-state index contributed by atoms with van der Waals surface area (Å²) in [5.74, 6) is 1.54. The smallest absolute Gasteiger partial charge is 0.165 e. The molecule has 0 aromatic heterocycles. The van der Waals surface area contributed by atoms with Gasteiger partial charge < -0.3 is 19.9 Å². The van der Waals surface area contributed by atoms with Gasteiger partial charge in [0.25, 0.3) is 0 Å². The van der Waals surface area contributed by atoms with E-state index in [9.17, 15) is 9.50 Å². The second-order valence-electron chi connectivity index (χ2n) is 12.8. The zero-order valence-corrected chi connectivity index (χ0v) is 25.0. The molecule has 0 radical (unpaired) electrons. The minimum atomic E-state index is -0.303. The van der Waals surface area contributed by atoms with Crippen molar-refractivity contribution in [1.82, 2.24) is 4.90 Å². The number of rotatable bonds is 10. The number of nitrogens with zero attached hydrogens (tertiary/aromatic N) is 1. The van der Waals surface area contributed by atoms with E-state index in [4.69, 9.17) is 9.47 Å². The SMILES string of the molecule is COc1ccc(C2CCc3cc(O)ccc3C2)c(NC(C)Cc2ccc(OCCN3CCCC(C)(C)C3)c(F)c2)c1. The fourth-order valence-corrected chi connectivity index (χ4v) is 6.63. The van der Waals surface area contributed by atoms with Crippen molar-refractivity contribution in [2.45, 2.75) is 71.3 Å². The number of fused-ring (bicyclic) bond motifs is 1. The third-order valence-electron chi connectivity index (χ3n) is 8.70. The largest absolute Gasteiger partial charge is 0.508 e. The second-order valence-corrected chi connectivity index (χ2v) is 12.8. The Morgan fingerprint density at radius 3 is 2.73 bits per heavy atom. The van der Waals surface area contributed by atoms with Crippen LogP contribution in [-0.4, -0.2) is 49.4 Å². The highest BCUT2D eigenvalue weighted by atomic mass is 19.1. The number of ether oxygens (including phenoxy) is 2. The number of methoxy groups -OCH3 is 1. The fraction of sp³-hybridized carbons (Fsp3) is 0.486. The number of hydrogen-bond donors (Lipinski definition) is 2. The van der Waals surface area contributed by atoms with Crippen LogP contribution in [0.2, 0.25) is 0 Å². The van der Waals surface area contributed by atoms with Crippen LogP contribution in [0.3, 0.4) is 0 Å². The molecule has 1 fully saturated rings. The molecule has 2 unspecified atom stereocenters. The molecule has 3 aromatic rings. The molecule has 0 amide bonds. The number of anilines is 1. The molecule has 1 aliphatic carbocycles. The summed E-state index contributed by atoms with van der Waals surface area (Å²) in [6.07, 6.45) is 6.05. The lowest BCUT2D eigenvalue weighted by molar-refractivity contribution is 0.101. The summed E-state index contributed by atoms with van der Waals surface area (Å²) < 4.78 is 26.4. The van der Waals surface area contributed by atoms with Gasteiger partial charge in [0.2, 0.25) is 0 Å². The Balaban J connectivity index is 1.20. The highest BCUT2D eigenvalue weighted by molar-refractivity contribution is 5.58. The normalized spacial score (nSPS) is 19.3. The third-order valence-corrected chi connectivity index (χ3v) is 8.70. The van der Waals surface area contributed by atoms with E-state index in [2.05, 4.69) is 43.1 Å². The minimum Gasteiger partial charge on any atom is -0.508 e. The molecule has 220 valence electrons. The van der Waals surface area contributed by atoms with Crippen LogP contribution in [-0.2, 0) is 19.3 Å². The maximum atomic E-state index is 15.0. The van der Waals surface area contributed by atoms with Crippen LogP contribution in [0.4, 0.5) is 10.1 Å². The lowest BCUT2D eigenvalue weighted by Gasteiger charge is -2.37. The summed E-state index contributed by atoms with van der Waals surface area (Å²) in [5, 5.41) is 13.6. The summed E-state index contributed by atoms with van der Waals surface area (Å²) in [5.41, 5.74) is 6.14. The Morgan fingerprint density at radius 2 is 1.95 bits per heavy atom. The minimum absolute atomic E-state index is 0.0855. The van der Waals surface area contributed by atoms with E-state index < -0.39 is 0 Å². The number of aryl methyl sites for hydroxylation is 1. The zero-order chi connectivity index (χ0) is 29.0.